The number of nitriles is 1. The van der Waals surface area contributed by atoms with Crippen LogP contribution in [0, 0.1) is 11.3 Å². The molecule has 0 aliphatic carbocycles. The van der Waals surface area contributed by atoms with Crippen LogP contribution in [-0.2, 0) is 18.4 Å². The van der Waals surface area contributed by atoms with Crippen LogP contribution in [0.15, 0.2) is 54.0 Å². The summed E-state index contributed by atoms with van der Waals surface area (Å²) in [6.07, 6.45) is 3.66. The summed E-state index contributed by atoms with van der Waals surface area (Å²) >= 11 is 7.60. The Balaban J connectivity index is 1.68. The molecule has 1 unspecified atom stereocenters. The summed E-state index contributed by atoms with van der Waals surface area (Å²) < 4.78 is 25.5. The van der Waals surface area contributed by atoms with Crippen molar-refractivity contribution in [3.05, 3.63) is 75.8 Å². The van der Waals surface area contributed by atoms with E-state index in [2.05, 4.69) is 11.4 Å². The second kappa shape index (κ2) is 9.35. The molecule has 0 radical (unpaired) electrons. The Morgan fingerprint density at radius 2 is 2.03 bits per heavy atom. The normalized spacial score (nSPS) is 16.8. The number of fused-ring (bicyclic) bond motifs is 1. The van der Waals surface area contributed by atoms with E-state index in [-0.39, 0.29) is 13.2 Å². The number of hydrogen-bond donors (Lipinski definition) is 1. The summed E-state index contributed by atoms with van der Waals surface area (Å²) in [6.45, 7) is 0.518. The third-order valence-electron chi connectivity index (χ3n) is 4.83. The maximum atomic E-state index is 13.5. The van der Waals surface area contributed by atoms with E-state index in [9.17, 15) is 14.6 Å². The second-order valence-corrected chi connectivity index (χ2v) is 10.3. The smallest absolute Gasteiger partial charge is 0.332 e. The first-order valence-corrected chi connectivity index (χ1v) is 12.4. The minimum atomic E-state index is -3.75. The minimum absolute atomic E-state index is 0.259. The van der Waals surface area contributed by atoms with Gasteiger partial charge in [0.25, 0.3) is 0 Å². The maximum absolute atomic E-state index is 13.5. The fourth-order valence-electron chi connectivity index (χ4n) is 3.35. The molecule has 1 amide bonds. The van der Waals surface area contributed by atoms with Crippen molar-refractivity contribution in [3.8, 4) is 6.07 Å². The minimum Gasteiger partial charge on any atom is -0.332 e. The average Bonchev–Trinajstić information content (AvgIpc) is 3.17. The van der Waals surface area contributed by atoms with Crippen molar-refractivity contribution in [2.75, 3.05) is 13.2 Å². The number of benzene rings is 2. The zero-order chi connectivity index (χ0) is 21.8. The first-order valence-electron chi connectivity index (χ1n) is 9.53. The van der Waals surface area contributed by atoms with E-state index in [0.29, 0.717) is 28.1 Å². The second-order valence-electron chi connectivity index (χ2n) is 6.83. The molecule has 2 heterocycles. The van der Waals surface area contributed by atoms with Gasteiger partial charge in [0.1, 0.15) is 0 Å². The van der Waals surface area contributed by atoms with E-state index in [1.54, 1.807) is 47.9 Å². The molecular formula is C22H18ClN2O4PS. The molecule has 1 atom stereocenters. The van der Waals surface area contributed by atoms with Gasteiger partial charge >= 0.3 is 7.60 Å². The number of hydrogen-bond acceptors (Lipinski definition) is 6. The van der Waals surface area contributed by atoms with Crippen LogP contribution in [0.25, 0.3) is 16.2 Å². The summed E-state index contributed by atoms with van der Waals surface area (Å²) in [5, 5.41) is 14.9. The number of carbonyl (C=O) groups excluding carboxylic acids is 1. The van der Waals surface area contributed by atoms with Gasteiger partial charge in [0.2, 0.25) is 5.91 Å². The predicted molar refractivity (Wildman–Crippen MR) is 122 cm³/mol. The standard InChI is InChI=1S/C22H18ClN2O4PS/c23-17-6-7-20-18(12-17)19(14-31-20)21(30(27)28-10-3-11-29-30)22(26)25-9-8-15-4-1-2-5-16(15)13-24/h1-2,4-9,12,14,21H,3,10-11H2,(H,25,26)/b9-8+. The third kappa shape index (κ3) is 4.59. The van der Waals surface area contributed by atoms with Crippen LogP contribution >= 0.6 is 30.5 Å². The summed E-state index contributed by atoms with van der Waals surface area (Å²) in [5.74, 6) is -0.518. The number of rotatable bonds is 5. The molecule has 1 fully saturated rings. The molecule has 1 aromatic heterocycles. The molecule has 0 bridgehead atoms. The highest BCUT2D eigenvalue weighted by atomic mass is 35.5. The number of nitrogens with one attached hydrogen (secondary N) is 1. The monoisotopic (exact) mass is 472 g/mol. The maximum Gasteiger partial charge on any atom is 0.347 e. The van der Waals surface area contributed by atoms with E-state index in [4.69, 9.17) is 20.6 Å². The van der Waals surface area contributed by atoms with Crippen LogP contribution in [0.3, 0.4) is 0 Å². The highest BCUT2D eigenvalue weighted by Gasteiger charge is 2.45. The molecule has 4 rings (SSSR count). The Labute approximate surface area is 188 Å². The highest BCUT2D eigenvalue weighted by molar-refractivity contribution is 7.55. The van der Waals surface area contributed by atoms with Gasteiger partial charge in [-0.05, 0) is 58.7 Å². The molecule has 158 valence electrons. The Bertz CT molecular complexity index is 1240. The van der Waals surface area contributed by atoms with Crippen molar-refractivity contribution in [2.24, 2.45) is 0 Å². The summed E-state index contributed by atoms with van der Waals surface area (Å²) in [6, 6.07) is 14.5. The zero-order valence-electron chi connectivity index (χ0n) is 16.3. The Kier molecular flexibility index (Phi) is 6.57. The van der Waals surface area contributed by atoms with Crippen molar-refractivity contribution in [2.45, 2.75) is 12.1 Å². The van der Waals surface area contributed by atoms with Crippen LogP contribution in [0.4, 0.5) is 0 Å². The lowest BCUT2D eigenvalue weighted by Crippen LogP contribution is -2.28. The molecule has 1 aliphatic heterocycles. The predicted octanol–water partition coefficient (Wildman–Crippen LogP) is 5.88. The van der Waals surface area contributed by atoms with Crippen molar-refractivity contribution >= 4 is 52.6 Å². The van der Waals surface area contributed by atoms with Gasteiger partial charge in [-0.15, -0.1) is 11.3 Å². The largest absolute Gasteiger partial charge is 0.347 e. The molecular weight excluding hydrogens is 455 g/mol. The summed E-state index contributed by atoms with van der Waals surface area (Å²) in [7, 11) is -3.75. The van der Waals surface area contributed by atoms with E-state index in [1.165, 1.54) is 17.5 Å². The quantitative estimate of drug-likeness (QED) is 0.468. The van der Waals surface area contributed by atoms with Gasteiger partial charge in [0, 0.05) is 15.9 Å². The Morgan fingerprint density at radius 3 is 2.81 bits per heavy atom. The molecule has 9 heteroatoms. The Morgan fingerprint density at radius 1 is 1.26 bits per heavy atom. The van der Waals surface area contributed by atoms with Gasteiger partial charge in [-0.1, -0.05) is 29.8 Å². The lowest BCUT2D eigenvalue weighted by Gasteiger charge is -2.29. The topological polar surface area (TPSA) is 88.4 Å². The van der Waals surface area contributed by atoms with Gasteiger partial charge in [0.15, 0.2) is 5.66 Å². The molecule has 2 aromatic carbocycles. The first kappa shape index (κ1) is 21.8. The summed E-state index contributed by atoms with van der Waals surface area (Å²) in [4.78, 5) is 13.2. The number of carbonyl (C=O) groups is 1. The molecule has 1 aliphatic rings. The van der Waals surface area contributed by atoms with E-state index in [0.717, 1.165) is 10.1 Å². The molecule has 6 nitrogen and oxygen atoms in total. The average molecular weight is 473 g/mol. The van der Waals surface area contributed by atoms with E-state index >= 15 is 0 Å². The Hall–Kier alpha value is -2.46. The number of halogens is 1. The fraction of sp³-hybridized carbons (Fsp3) is 0.182. The van der Waals surface area contributed by atoms with Crippen LogP contribution in [0.2, 0.25) is 5.02 Å². The van der Waals surface area contributed by atoms with Crippen molar-refractivity contribution in [3.63, 3.8) is 0 Å². The van der Waals surface area contributed by atoms with Crippen molar-refractivity contribution in [1.29, 1.82) is 5.26 Å². The van der Waals surface area contributed by atoms with E-state index < -0.39 is 19.2 Å². The van der Waals surface area contributed by atoms with Gasteiger partial charge < -0.3 is 14.4 Å². The first-order chi connectivity index (χ1) is 15.0. The van der Waals surface area contributed by atoms with Crippen LogP contribution in [0.1, 0.15) is 28.8 Å². The SMILES string of the molecule is N#Cc1ccccc1/C=C/NC(=O)C(c1csc2ccc(Cl)cc12)P1(=O)OCCCO1. The van der Waals surface area contributed by atoms with Gasteiger partial charge in [-0.3, -0.25) is 9.36 Å². The van der Waals surface area contributed by atoms with Gasteiger partial charge in [-0.25, -0.2) is 0 Å². The number of amides is 1. The van der Waals surface area contributed by atoms with Crippen LogP contribution in [-0.4, -0.2) is 19.1 Å². The van der Waals surface area contributed by atoms with Crippen LogP contribution < -0.4 is 5.32 Å². The van der Waals surface area contributed by atoms with Crippen molar-refractivity contribution in [1.82, 2.24) is 5.32 Å². The molecule has 1 saturated heterocycles. The molecule has 31 heavy (non-hydrogen) atoms. The van der Waals surface area contributed by atoms with E-state index in [1.807, 2.05) is 6.07 Å². The summed E-state index contributed by atoms with van der Waals surface area (Å²) in [5.41, 5.74) is 0.549. The van der Waals surface area contributed by atoms with Crippen LogP contribution in [0.5, 0.6) is 0 Å². The fourth-order valence-corrected chi connectivity index (χ4v) is 6.65. The lowest BCUT2D eigenvalue weighted by atomic mass is 10.1. The molecule has 1 N–H and O–H groups in total. The number of thiophene rings is 1. The van der Waals surface area contributed by atoms with Crippen molar-refractivity contribution < 1.29 is 18.4 Å². The zero-order valence-corrected chi connectivity index (χ0v) is 18.8. The molecule has 3 aromatic rings. The highest BCUT2D eigenvalue weighted by Crippen LogP contribution is 2.63. The molecule has 0 spiro atoms. The number of nitrogens with zero attached hydrogens (tertiary/aromatic N) is 1. The van der Waals surface area contributed by atoms with Gasteiger partial charge in [0.05, 0.1) is 24.8 Å². The van der Waals surface area contributed by atoms with Gasteiger partial charge in [-0.2, -0.15) is 5.26 Å². The molecule has 0 saturated carbocycles. The lowest BCUT2D eigenvalue weighted by molar-refractivity contribution is -0.120. The third-order valence-corrected chi connectivity index (χ3v) is 8.27.